The number of oxime groups is 1. The Hall–Kier alpha value is -3.71. The zero-order valence-electron chi connectivity index (χ0n) is 22.6. The number of carbonyl (C=O) groups is 4. The number of ether oxygens (including phenoxy) is 2. The van der Waals surface area contributed by atoms with Gasteiger partial charge in [-0.15, -0.1) is 28.2 Å². The zero-order chi connectivity index (χ0) is 29.9. The van der Waals surface area contributed by atoms with Crippen LogP contribution in [0.15, 0.2) is 27.0 Å². The van der Waals surface area contributed by atoms with E-state index >= 15 is 0 Å². The van der Waals surface area contributed by atoms with Crippen LogP contribution in [0.25, 0.3) is 0 Å². The summed E-state index contributed by atoms with van der Waals surface area (Å²) in [4.78, 5) is 61.8. The Morgan fingerprint density at radius 3 is 2.66 bits per heavy atom. The number of nitrogens with zero attached hydrogens (tertiary/aromatic N) is 7. The molecule has 41 heavy (non-hydrogen) atoms. The van der Waals surface area contributed by atoms with Crippen molar-refractivity contribution in [3.05, 3.63) is 22.3 Å². The molecule has 1 saturated heterocycles. The molecule has 0 radical (unpaired) electrons. The molecule has 0 aromatic carbocycles. The molecule has 0 bridgehead atoms. The van der Waals surface area contributed by atoms with E-state index in [2.05, 4.69) is 31.0 Å². The van der Waals surface area contributed by atoms with E-state index in [9.17, 15) is 19.2 Å². The summed E-state index contributed by atoms with van der Waals surface area (Å²) in [5.74, 6) is -2.02. The van der Waals surface area contributed by atoms with Gasteiger partial charge in [0, 0.05) is 23.9 Å². The van der Waals surface area contributed by atoms with E-state index in [4.69, 9.17) is 20.0 Å². The Balaban J connectivity index is 1.52. The fourth-order valence-electron chi connectivity index (χ4n) is 3.60. The van der Waals surface area contributed by atoms with Gasteiger partial charge in [0.1, 0.15) is 29.9 Å². The monoisotopic (exact) mass is 625 g/mol. The summed E-state index contributed by atoms with van der Waals surface area (Å²) in [6.45, 7) is 4.37. The van der Waals surface area contributed by atoms with Crippen LogP contribution in [-0.4, -0.2) is 96.4 Å². The smallest absolute Gasteiger partial charge is 0.357 e. The lowest BCUT2D eigenvalue weighted by Crippen LogP contribution is -2.71. The average molecular weight is 626 g/mol. The van der Waals surface area contributed by atoms with Crippen LogP contribution < -0.4 is 11.1 Å². The number of carbonyl (C=O) groups excluding carboxylic acids is 4. The van der Waals surface area contributed by atoms with Crippen LogP contribution in [0, 0.1) is 5.41 Å². The van der Waals surface area contributed by atoms with Crippen molar-refractivity contribution in [2.75, 3.05) is 31.1 Å². The molecule has 2 aliphatic rings. The number of hydrogen-bond donors (Lipinski definition) is 2. The van der Waals surface area contributed by atoms with Gasteiger partial charge in [0.15, 0.2) is 10.8 Å². The summed E-state index contributed by atoms with van der Waals surface area (Å²) in [6.07, 6.45) is 0. The highest BCUT2D eigenvalue weighted by Crippen LogP contribution is 2.42. The Kier molecular flexibility index (Phi) is 9.17. The van der Waals surface area contributed by atoms with Gasteiger partial charge in [-0.1, -0.05) is 16.9 Å². The fraction of sp³-hybridized carbons (Fsp3) is 0.500. The van der Waals surface area contributed by atoms with Crippen molar-refractivity contribution < 1.29 is 33.5 Å². The van der Waals surface area contributed by atoms with Crippen molar-refractivity contribution >= 4 is 69.5 Å². The van der Waals surface area contributed by atoms with E-state index in [1.807, 2.05) is 0 Å². The lowest BCUT2D eigenvalue weighted by Gasteiger charge is -2.49. The average Bonchev–Trinajstić information content (AvgIpc) is 3.54. The standard InChI is InChI=1S/C22H27N9O7S3/c1-22(2,3)19(35)38-9-37-18(34)14-10(7-41-21-26-28-29-30(21)4)6-39-17-13(16(33)31(14)17)25-15(32)12(27-36-5)11-8-40-20(23)24-11/h8,13,17H,6-7,9H2,1-5H3,(H2,23,24)(H,25,32)/b27-12-/t13-,17-/m1/s1. The van der Waals surface area contributed by atoms with E-state index in [-0.39, 0.29) is 28.0 Å². The highest BCUT2D eigenvalue weighted by Gasteiger charge is 2.54. The van der Waals surface area contributed by atoms with E-state index in [0.717, 1.165) is 11.3 Å². The molecular formula is C22H27N9O7S3. The second-order valence-electron chi connectivity index (χ2n) is 9.61. The summed E-state index contributed by atoms with van der Waals surface area (Å²) >= 11 is 3.75. The van der Waals surface area contributed by atoms with E-state index < -0.39 is 47.4 Å². The molecule has 4 rings (SSSR count). The van der Waals surface area contributed by atoms with Crippen LogP contribution in [0.5, 0.6) is 0 Å². The third-order valence-electron chi connectivity index (χ3n) is 5.64. The topological polar surface area (TPSA) is 206 Å². The highest BCUT2D eigenvalue weighted by molar-refractivity contribution is 8.01. The number of thioether (sulfide) groups is 2. The first kappa shape index (κ1) is 30.3. The summed E-state index contributed by atoms with van der Waals surface area (Å²) in [6, 6.07) is -0.968. The fourth-order valence-corrected chi connectivity index (χ4v) is 6.48. The molecule has 3 N–H and O–H groups in total. The maximum atomic E-state index is 13.3. The van der Waals surface area contributed by atoms with Crippen LogP contribution in [0.1, 0.15) is 26.5 Å². The molecule has 0 unspecified atom stereocenters. The Bertz CT molecular complexity index is 1420. The van der Waals surface area contributed by atoms with Crippen LogP contribution in [-0.2, 0) is 40.5 Å². The first-order valence-corrected chi connectivity index (χ1v) is 14.8. The van der Waals surface area contributed by atoms with Gasteiger partial charge in [-0.25, -0.2) is 14.5 Å². The van der Waals surface area contributed by atoms with Gasteiger partial charge in [-0.2, -0.15) is 0 Å². The lowest BCUT2D eigenvalue weighted by molar-refractivity contribution is -0.173. The summed E-state index contributed by atoms with van der Waals surface area (Å²) in [5, 5.41) is 19.4. The normalized spacial score (nSPS) is 18.9. The Morgan fingerprint density at radius 2 is 2.05 bits per heavy atom. The number of thiazole rings is 1. The minimum atomic E-state index is -0.968. The predicted molar refractivity (Wildman–Crippen MR) is 148 cm³/mol. The predicted octanol–water partition coefficient (Wildman–Crippen LogP) is 0.136. The van der Waals surface area contributed by atoms with Crippen molar-refractivity contribution in [1.82, 2.24) is 35.4 Å². The summed E-state index contributed by atoms with van der Waals surface area (Å²) < 4.78 is 11.8. The van der Waals surface area contributed by atoms with Crippen molar-refractivity contribution in [3.8, 4) is 0 Å². The molecule has 2 atom stereocenters. The first-order valence-electron chi connectivity index (χ1n) is 11.9. The number of esters is 2. The van der Waals surface area contributed by atoms with Crippen molar-refractivity contribution in [3.63, 3.8) is 0 Å². The van der Waals surface area contributed by atoms with Crippen LogP contribution in [0.2, 0.25) is 0 Å². The molecule has 4 heterocycles. The Morgan fingerprint density at radius 1 is 1.29 bits per heavy atom. The number of rotatable bonds is 10. The molecule has 19 heteroatoms. The van der Waals surface area contributed by atoms with Gasteiger partial charge < -0.3 is 25.4 Å². The number of nitrogens with one attached hydrogen (secondary N) is 1. The van der Waals surface area contributed by atoms with Crippen molar-refractivity contribution in [1.29, 1.82) is 0 Å². The lowest BCUT2D eigenvalue weighted by atomic mass is 9.98. The molecule has 220 valence electrons. The Labute approximate surface area is 246 Å². The van der Waals surface area contributed by atoms with Crippen LogP contribution >= 0.6 is 34.9 Å². The quantitative estimate of drug-likeness (QED) is 0.0899. The van der Waals surface area contributed by atoms with Gasteiger partial charge in [-0.05, 0) is 36.8 Å². The second-order valence-corrected chi connectivity index (χ2v) is 12.5. The molecule has 0 saturated carbocycles. The molecule has 16 nitrogen and oxygen atoms in total. The third kappa shape index (κ3) is 6.62. The number of aromatic nitrogens is 5. The highest BCUT2D eigenvalue weighted by atomic mass is 32.2. The van der Waals surface area contributed by atoms with E-state index in [1.165, 1.54) is 45.6 Å². The number of β-lactam (4-membered cyclic amide) rings is 1. The minimum absolute atomic E-state index is 0.0109. The molecule has 2 amide bonds. The van der Waals surface area contributed by atoms with Crippen molar-refractivity contribution in [2.24, 2.45) is 17.6 Å². The van der Waals surface area contributed by atoms with Gasteiger partial charge in [0.05, 0.1) is 5.41 Å². The molecule has 2 aliphatic heterocycles. The summed E-state index contributed by atoms with van der Waals surface area (Å²) in [7, 11) is 2.95. The zero-order valence-corrected chi connectivity index (χ0v) is 25.1. The number of fused-ring (bicyclic) bond motifs is 1. The van der Waals surface area contributed by atoms with Crippen LogP contribution in [0.3, 0.4) is 0 Å². The second kappa shape index (κ2) is 12.4. The number of anilines is 1. The molecule has 2 aromatic rings. The molecule has 0 spiro atoms. The largest absolute Gasteiger partial charge is 0.427 e. The number of aryl methyl sites for hydroxylation is 1. The molecule has 2 aromatic heterocycles. The first-order chi connectivity index (χ1) is 19.4. The number of amides is 2. The van der Waals surface area contributed by atoms with Crippen molar-refractivity contribution in [2.45, 2.75) is 37.3 Å². The molecular weight excluding hydrogens is 598 g/mol. The maximum absolute atomic E-state index is 13.3. The molecule has 0 aliphatic carbocycles. The minimum Gasteiger partial charge on any atom is -0.427 e. The number of hydrogen-bond acceptors (Lipinski definition) is 16. The van der Waals surface area contributed by atoms with E-state index in [0.29, 0.717) is 16.5 Å². The summed E-state index contributed by atoms with van der Waals surface area (Å²) in [5.41, 5.74) is 5.52. The van der Waals surface area contributed by atoms with Gasteiger partial charge >= 0.3 is 11.9 Å². The SMILES string of the molecule is CO/N=C(\C(=O)N[C@@H]1C(=O)N2C(C(=O)OCOC(=O)C(C)(C)C)=C(CSc3nnnn3C)CS[C@H]12)c1csc(N)n1. The van der Waals surface area contributed by atoms with E-state index in [1.54, 1.807) is 27.8 Å². The maximum Gasteiger partial charge on any atom is 0.357 e. The van der Waals surface area contributed by atoms with Crippen LogP contribution in [0.4, 0.5) is 5.13 Å². The molecule has 1 fully saturated rings. The van der Waals surface area contributed by atoms with Gasteiger partial charge in [-0.3, -0.25) is 19.3 Å². The third-order valence-corrected chi connectivity index (χ3v) is 8.75. The van der Waals surface area contributed by atoms with Gasteiger partial charge in [0.2, 0.25) is 11.9 Å². The number of nitrogen functional groups attached to an aromatic ring is 1. The van der Waals surface area contributed by atoms with Gasteiger partial charge in [0.25, 0.3) is 11.8 Å². The number of tetrazole rings is 1. The number of nitrogens with two attached hydrogens (primary N) is 1.